The van der Waals surface area contributed by atoms with Gasteiger partial charge in [0.05, 0.1) is 31.7 Å². The Labute approximate surface area is 164 Å². The minimum atomic E-state index is -0.303. The standard InChI is InChI=1S/C22H25NO5/c24-21(20-2-1-11-26-20)23-9-7-22(8-10-23)19-4-3-17(14-16(19)5-13-27-22)28-18-6-12-25-15-18/h1-4,11,14,18H,5-10,12-13,15H2. The average molecular weight is 383 g/mol. The molecule has 6 nitrogen and oxygen atoms in total. The Balaban J connectivity index is 1.31. The summed E-state index contributed by atoms with van der Waals surface area (Å²) in [5, 5.41) is 0. The molecule has 0 bridgehead atoms. The first kappa shape index (κ1) is 17.8. The SMILES string of the molecule is O=C(c1ccco1)N1CCC2(CC1)OCCc1cc(OC3CCOC3)ccc12. The molecule has 2 aromatic rings. The lowest BCUT2D eigenvalue weighted by molar-refractivity contribution is -0.0937. The molecule has 2 saturated heterocycles. The maximum atomic E-state index is 12.6. The topological polar surface area (TPSA) is 61.1 Å². The summed E-state index contributed by atoms with van der Waals surface area (Å²) in [5.41, 5.74) is 2.25. The van der Waals surface area contributed by atoms with Gasteiger partial charge in [0.2, 0.25) is 0 Å². The fourth-order valence-corrected chi connectivity index (χ4v) is 4.57. The van der Waals surface area contributed by atoms with Gasteiger partial charge < -0.3 is 23.5 Å². The predicted molar refractivity (Wildman–Crippen MR) is 101 cm³/mol. The first-order valence-corrected chi connectivity index (χ1v) is 10.1. The molecule has 6 heteroatoms. The average Bonchev–Trinajstić information content (AvgIpc) is 3.43. The molecule has 1 atom stereocenters. The fraction of sp³-hybridized carbons (Fsp3) is 0.500. The van der Waals surface area contributed by atoms with Crippen molar-refractivity contribution >= 4 is 5.91 Å². The number of amides is 1. The molecule has 148 valence electrons. The van der Waals surface area contributed by atoms with Crippen LogP contribution in [0.4, 0.5) is 0 Å². The number of hydrogen-bond acceptors (Lipinski definition) is 5. The highest BCUT2D eigenvalue weighted by atomic mass is 16.5. The van der Waals surface area contributed by atoms with Gasteiger partial charge in [0.1, 0.15) is 11.9 Å². The van der Waals surface area contributed by atoms with Gasteiger partial charge in [-0.15, -0.1) is 0 Å². The van der Waals surface area contributed by atoms with Crippen LogP contribution in [0.1, 0.15) is 40.9 Å². The van der Waals surface area contributed by atoms with Crippen LogP contribution in [0.3, 0.4) is 0 Å². The Morgan fingerprint density at radius 1 is 1.18 bits per heavy atom. The number of furan rings is 1. The second kappa shape index (κ2) is 7.26. The van der Waals surface area contributed by atoms with Gasteiger partial charge in [0.25, 0.3) is 5.91 Å². The van der Waals surface area contributed by atoms with Gasteiger partial charge in [-0.25, -0.2) is 0 Å². The highest BCUT2D eigenvalue weighted by Gasteiger charge is 2.42. The third-order valence-electron chi connectivity index (χ3n) is 6.10. The largest absolute Gasteiger partial charge is 0.488 e. The molecular weight excluding hydrogens is 358 g/mol. The van der Waals surface area contributed by atoms with Crippen LogP contribution < -0.4 is 4.74 Å². The second-order valence-electron chi connectivity index (χ2n) is 7.78. The molecule has 1 unspecified atom stereocenters. The molecule has 0 N–H and O–H groups in total. The van der Waals surface area contributed by atoms with E-state index in [9.17, 15) is 4.79 Å². The monoisotopic (exact) mass is 383 g/mol. The maximum Gasteiger partial charge on any atom is 0.289 e. The van der Waals surface area contributed by atoms with Gasteiger partial charge in [-0.05, 0) is 54.7 Å². The van der Waals surface area contributed by atoms with Crippen molar-refractivity contribution in [2.75, 3.05) is 32.9 Å². The normalized spacial score (nSPS) is 23.6. The van der Waals surface area contributed by atoms with E-state index < -0.39 is 0 Å². The highest BCUT2D eigenvalue weighted by Crippen LogP contribution is 2.42. The zero-order chi connectivity index (χ0) is 19.0. The third-order valence-corrected chi connectivity index (χ3v) is 6.10. The summed E-state index contributed by atoms with van der Waals surface area (Å²) in [6, 6.07) is 9.84. The van der Waals surface area contributed by atoms with Crippen LogP contribution in [0.15, 0.2) is 41.0 Å². The molecule has 28 heavy (non-hydrogen) atoms. The Hall–Kier alpha value is -2.31. The molecule has 0 radical (unpaired) electrons. The van der Waals surface area contributed by atoms with Crippen molar-refractivity contribution in [3.63, 3.8) is 0 Å². The van der Waals surface area contributed by atoms with E-state index in [1.54, 1.807) is 12.1 Å². The quantitative estimate of drug-likeness (QED) is 0.815. The summed E-state index contributed by atoms with van der Waals surface area (Å²) in [6.07, 6.45) is 5.12. The van der Waals surface area contributed by atoms with E-state index in [1.165, 1.54) is 17.4 Å². The van der Waals surface area contributed by atoms with Crippen molar-refractivity contribution in [2.45, 2.75) is 37.4 Å². The molecule has 3 aliphatic heterocycles. The lowest BCUT2D eigenvalue weighted by Crippen LogP contribution is -2.48. The van der Waals surface area contributed by atoms with Crippen LogP contribution in [-0.4, -0.2) is 49.8 Å². The Bertz CT molecular complexity index is 833. The van der Waals surface area contributed by atoms with Crippen molar-refractivity contribution < 1.29 is 23.4 Å². The number of rotatable bonds is 3. The predicted octanol–water partition coefficient (Wildman–Crippen LogP) is 3.15. The smallest absolute Gasteiger partial charge is 0.289 e. The zero-order valence-electron chi connectivity index (χ0n) is 15.9. The zero-order valence-corrected chi connectivity index (χ0v) is 15.9. The first-order valence-electron chi connectivity index (χ1n) is 10.1. The number of nitrogens with zero attached hydrogens (tertiary/aromatic N) is 1. The summed E-state index contributed by atoms with van der Waals surface area (Å²) in [4.78, 5) is 14.4. The molecule has 1 aromatic heterocycles. The van der Waals surface area contributed by atoms with E-state index in [1.807, 2.05) is 11.0 Å². The first-order chi connectivity index (χ1) is 13.7. The van der Waals surface area contributed by atoms with E-state index in [4.69, 9.17) is 18.6 Å². The molecule has 1 amide bonds. The number of likely N-dealkylation sites (tertiary alicyclic amines) is 1. The summed E-state index contributed by atoms with van der Waals surface area (Å²) in [5.74, 6) is 1.27. The van der Waals surface area contributed by atoms with E-state index >= 15 is 0 Å². The molecule has 0 saturated carbocycles. The number of hydrogen-bond donors (Lipinski definition) is 0. The van der Waals surface area contributed by atoms with Crippen LogP contribution in [0.2, 0.25) is 0 Å². The van der Waals surface area contributed by atoms with Crippen LogP contribution >= 0.6 is 0 Å². The number of piperidine rings is 1. The van der Waals surface area contributed by atoms with Gasteiger partial charge in [0, 0.05) is 19.5 Å². The van der Waals surface area contributed by atoms with Crippen LogP contribution in [0.5, 0.6) is 5.75 Å². The fourth-order valence-electron chi connectivity index (χ4n) is 4.57. The lowest BCUT2D eigenvalue weighted by Gasteiger charge is -2.45. The van der Waals surface area contributed by atoms with E-state index in [-0.39, 0.29) is 17.6 Å². The summed E-state index contributed by atoms with van der Waals surface area (Å²) >= 11 is 0. The highest BCUT2D eigenvalue weighted by molar-refractivity contribution is 5.91. The minimum Gasteiger partial charge on any atom is -0.488 e. The molecule has 0 aliphatic carbocycles. The minimum absolute atomic E-state index is 0.0431. The molecule has 3 aliphatic rings. The van der Waals surface area contributed by atoms with Crippen molar-refractivity contribution in [3.05, 3.63) is 53.5 Å². The molecule has 1 spiro atoms. The van der Waals surface area contributed by atoms with Crippen LogP contribution in [0.25, 0.3) is 0 Å². The maximum absolute atomic E-state index is 12.6. The molecule has 1 aromatic carbocycles. The van der Waals surface area contributed by atoms with E-state index in [2.05, 4.69) is 12.1 Å². The van der Waals surface area contributed by atoms with Gasteiger partial charge in [-0.1, -0.05) is 6.07 Å². The Kier molecular flexibility index (Phi) is 4.61. The number of carbonyl (C=O) groups is 1. The number of benzene rings is 1. The van der Waals surface area contributed by atoms with Crippen molar-refractivity contribution in [3.8, 4) is 5.75 Å². The third kappa shape index (κ3) is 3.20. The molecule has 4 heterocycles. The van der Waals surface area contributed by atoms with Gasteiger partial charge in [0.15, 0.2) is 5.76 Å². The van der Waals surface area contributed by atoms with Crippen molar-refractivity contribution in [1.82, 2.24) is 4.90 Å². The van der Waals surface area contributed by atoms with E-state index in [0.29, 0.717) is 32.1 Å². The molecule has 5 rings (SSSR count). The van der Waals surface area contributed by atoms with Crippen LogP contribution in [-0.2, 0) is 21.5 Å². The number of ether oxygens (including phenoxy) is 3. The lowest BCUT2D eigenvalue weighted by atomic mass is 9.79. The molecule has 2 fully saturated rings. The number of carbonyl (C=O) groups excluding carboxylic acids is 1. The van der Waals surface area contributed by atoms with Crippen molar-refractivity contribution in [2.24, 2.45) is 0 Å². The summed E-state index contributed by atoms with van der Waals surface area (Å²) < 4.78 is 23.0. The summed E-state index contributed by atoms with van der Waals surface area (Å²) in [7, 11) is 0. The number of fused-ring (bicyclic) bond motifs is 2. The van der Waals surface area contributed by atoms with Crippen LogP contribution in [0, 0.1) is 0 Å². The van der Waals surface area contributed by atoms with E-state index in [0.717, 1.165) is 38.0 Å². The van der Waals surface area contributed by atoms with Crippen molar-refractivity contribution in [1.29, 1.82) is 0 Å². The summed E-state index contributed by atoms with van der Waals surface area (Å²) in [6.45, 7) is 3.48. The van der Waals surface area contributed by atoms with Gasteiger partial charge >= 0.3 is 0 Å². The van der Waals surface area contributed by atoms with Gasteiger partial charge in [-0.2, -0.15) is 0 Å². The second-order valence-corrected chi connectivity index (χ2v) is 7.78. The van der Waals surface area contributed by atoms with Gasteiger partial charge in [-0.3, -0.25) is 4.79 Å². The Morgan fingerprint density at radius 2 is 2.07 bits per heavy atom. The Morgan fingerprint density at radius 3 is 2.82 bits per heavy atom. The molecular formula is C22H25NO5.